The summed E-state index contributed by atoms with van der Waals surface area (Å²) in [4.78, 5) is 16.0. The fourth-order valence-corrected chi connectivity index (χ4v) is 3.12. The molecule has 22 heavy (non-hydrogen) atoms. The van der Waals surface area contributed by atoms with Crippen LogP contribution in [0.1, 0.15) is 10.5 Å². The number of hydrogen-bond acceptors (Lipinski definition) is 6. The van der Waals surface area contributed by atoms with Gasteiger partial charge < -0.3 is 5.32 Å². The maximum absolute atomic E-state index is 12.1. The Hall–Kier alpha value is -1.94. The summed E-state index contributed by atoms with van der Waals surface area (Å²) in [5, 5.41) is 2.18. The molecule has 0 aliphatic heterocycles. The van der Waals surface area contributed by atoms with Crippen molar-refractivity contribution in [1.29, 1.82) is 0 Å². The highest BCUT2D eigenvalue weighted by Crippen LogP contribution is 2.16. The summed E-state index contributed by atoms with van der Waals surface area (Å²) in [7, 11) is -6.81. The predicted molar refractivity (Wildman–Crippen MR) is 80.3 cm³/mol. The first-order valence-corrected chi connectivity index (χ1v) is 10.2. The zero-order chi connectivity index (χ0) is 16.5. The van der Waals surface area contributed by atoms with Crippen LogP contribution in [0, 0.1) is 0 Å². The molecular formula is C12H15N3O5S2. The fourth-order valence-electron chi connectivity index (χ4n) is 1.87. The van der Waals surface area contributed by atoms with Gasteiger partial charge in [-0.3, -0.25) is 9.20 Å². The molecular weight excluding hydrogens is 330 g/mol. The first kappa shape index (κ1) is 16.4. The van der Waals surface area contributed by atoms with E-state index in [2.05, 4.69) is 10.3 Å². The lowest BCUT2D eigenvalue weighted by Crippen LogP contribution is -2.29. The molecule has 1 amide bonds. The molecule has 0 aliphatic rings. The molecule has 0 aromatic carbocycles. The van der Waals surface area contributed by atoms with E-state index >= 15 is 0 Å². The summed E-state index contributed by atoms with van der Waals surface area (Å²) in [6.45, 7) is -0.0717. The summed E-state index contributed by atoms with van der Waals surface area (Å²) in [6, 6.07) is 4.83. The molecule has 2 rings (SSSR count). The van der Waals surface area contributed by atoms with Gasteiger partial charge in [-0.25, -0.2) is 21.8 Å². The maximum Gasteiger partial charge on any atom is 0.272 e. The number of fused-ring (bicyclic) bond motifs is 1. The first-order valence-electron chi connectivity index (χ1n) is 6.22. The molecule has 0 aliphatic carbocycles. The third kappa shape index (κ3) is 3.63. The van der Waals surface area contributed by atoms with Gasteiger partial charge in [0.1, 0.15) is 9.84 Å². The standard InChI is InChI=1S/C12H15N3O5S2/c1-21(17,18)8-6-13-11(16)10-9-5-3-4-7-15(9)12(14-10)22(2,19)20/h3-5,7H,6,8H2,1-2H3,(H,13,16). The van der Waals surface area contributed by atoms with Gasteiger partial charge in [0, 0.05) is 25.3 Å². The Kier molecular flexibility index (Phi) is 4.25. The molecule has 0 unspecified atom stereocenters. The second kappa shape index (κ2) is 5.69. The van der Waals surface area contributed by atoms with Crippen LogP contribution < -0.4 is 5.32 Å². The summed E-state index contributed by atoms with van der Waals surface area (Å²) >= 11 is 0. The lowest BCUT2D eigenvalue weighted by molar-refractivity contribution is 0.0953. The number of imidazole rings is 1. The fraction of sp³-hybridized carbons (Fsp3) is 0.333. The number of nitrogens with one attached hydrogen (secondary N) is 1. The van der Waals surface area contributed by atoms with E-state index in [0.29, 0.717) is 5.52 Å². The minimum absolute atomic E-state index is 0.0606. The van der Waals surface area contributed by atoms with Crippen molar-refractivity contribution in [1.82, 2.24) is 14.7 Å². The molecule has 0 spiro atoms. The van der Waals surface area contributed by atoms with Crippen molar-refractivity contribution in [2.24, 2.45) is 0 Å². The highest BCUT2D eigenvalue weighted by atomic mass is 32.2. The van der Waals surface area contributed by atoms with Crippen LogP contribution in [0.3, 0.4) is 0 Å². The predicted octanol–water partition coefficient (Wildman–Crippen LogP) is -0.488. The van der Waals surface area contributed by atoms with Gasteiger partial charge in [0.15, 0.2) is 5.69 Å². The Morgan fingerprint density at radius 2 is 1.91 bits per heavy atom. The van der Waals surface area contributed by atoms with E-state index in [1.54, 1.807) is 18.2 Å². The second-order valence-electron chi connectivity index (χ2n) is 4.86. The molecule has 120 valence electrons. The third-order valence-electron chi connectivity index (χ3n) is 2.82. The number of amides is 1. The molecule has 2 heterocycles. The monoisotopic (exact) mass is 345 g/mol. The molecule has 0 bridgehead atoms. The van der Waals surface area contributed by atoms with Gasteiger partial charge in [-0.05, 0) is 12.1 Å². The molecule has 2 aromatic heterocycles. The Bertz CT molecular complexity index is 929. The third-order valence-corrected chi connectivity index (χ3v) is 4.72. The molecule has 0 saturated carbocycles. The first-order chi connectivity index (χ1) is 10.1. The Balaban J connectivity index is 2.38. The number of carbonyl (C=O) groups is 1. The summed E-state index contributed by atoms with van der Waals surface area (Å²) in [5.74, 6) is -0.828. The Morgan fingerprint density at radius 1 is 1.23 bits per heavy atom. The second-order valence-corrected chi connectivity index (χ2v) is 9.03. The van der Waals surface area contributed by atoms with Crippen LogP contribution in [-0.2, 0) is 19.7 Å². The van der Waals surface area contributed by atoms with E-state index in [4.69, 9.17) is 0 Å². The summed E-state index contributed by atoms with van der Waals surface area (Å²) in [6.07, 6.45) is 3.55. The number of hydrogen-bond donors (Lipinski definition) is 1. The van der Waals surface area contributed by atoms with Crippen LogP contribution in [-0.4, -0.2) is 56.9 Å². The van der Waals surface area contributed by atoms with Crippen LogP contribution >= 0.6 is 0 Å². The SMILES string of the molecule is CS(=O)(=O)CCNC(=O)c1nc(S(C)(=O)=O)n2ccccc12. The number of rotatable bonds is 5. The molecule has 8 nitrogen and oxygen atoms in total. The quantitative estimate of drug-likeness (QED) is 0.782. The van der Waals surface area contributed by atoms with Crippen molar-refractivity contribution >= 4 is 31.1 Å². The van der Waals surface area contributed by atoms with Crippen molar-refractivity contribution < 1.29 is 21.6 Å². The number of carbonyl (C=O) groups excluding carboxylic acids is 1. The van der Waals surface area contributed by atoms with E-state index in [1.807, 2.05) is 0 Å². The van der Waals surface area contributed by atoms with Gasteiger partial charge in [-0.2, -0.15) is 0 Å². The lowest BCUT2D eigenvalue weighted by Gasteiger charge is -2.02. The van der Waals surface area contributed by atoms with E-state index in [0.717, 1.165) is 12.5 Å². The van der Waals surface area contributed by atoms with E-state index < -0.39 is 25.6 Å². The highest BCUT2D eigenvalue weighted by molar-refractivity contribution is 7.90. The highest BCUT2D eigenvalue weighted by Gasteiger charge is 2.22. The molecule has 2 aromatic rings. The van der Waals surface area contributed by atoms with Gasteiger partial charge in [0.05, 0.1) is 11.3 Å². The summed E-state index contributed by atoms with van der Waals surface area (Å²) < 4.78 is 46.9. The van der Waals surface area contributed by atoms with Gasteiger partial charge in [-0.15, -0.1) is 0 Å². The molecule has 10 heteroatoms. The Labute approximate surface area is 128 Å². The minimum Gasteiger partial charge on any atom is -0.350 e. The Morgan fingerprint density at radius 3 is 2.50 bits per heavy atom. The van der Waals surface area contributed by atoms with Crippen LogP contribution in [0.25, 0.3) is 5.52 Å². The number of sulfone groups is 2. The van der Waals surface area contributed by atoms with Crippen LogP contribution in [0.5, 0.6) is 0 Å². The van der Waals surface area contributed by atoms with E-state index in [-0.39, 0.29) is 23.1 Å². The topological polar surface area (TPSA) is 115 Å². The van der Waals surface area contributed by atoms with Gasteiger partial charge in [-0.1, -0.05) is 6.07 Å². The van der Waals surface area contributed by atoms with Crippen molar-refractivity contribution in [2.45, 2.75) is 5.16 Å². The van der Waals surface area contributed by atoms with Crippen molar-refractivity contribution in [3.05, 3.63) is 30.1 Å². The zero-order valence-corrected chi connectivity index (χ0v) is 13.6. The van der Waals surface area contributed by atoms with Gasteiger partial charge in [0.25, 0.3) is 5.91 Å². The zero-order valence-electron chi connectivity index (χ0n) is 12.0. The van der Waals surface area contributed by atoms with E-state index in [9.17, 15) is 21.6 Å². The molecule has 0 fully saturated rings. The molecule has 1 N–H and O–H groups in total. The molecule has 0 saturated heterocycles. The minimum atomic E-state index is -3.61. The van der Waals surface area contributed by atoms with Gasteiger partial charge in [0.2, 0.25) is 15.0 Å². The van der Waals surface area contributed by atoms with Crippen LogP contribution in [0.15, 0.2) is 29.6 Å². The van der Waals surface area contributed by atoms with Crippen molar-refractivity contribution in [2.75, 3.05) is 24.8 Å². The molecule has 0 radical (unpaired) electrons. The van der Waals surface area contributed by atoms with Gasteiger partial charge >= 0.3 is 0 Å². The average molecular weight is 345 g/mol. The molecule has 0 atom stereocenters. The van der Waals surface area contributed by atoms with E-state index in [1.165, 1.54) is 10.6 Å². The average Bonchev–Trinajstić information content (AvgIpc) is 2.76. The largest absolute Gasteiger partial charge is 0.350 e. The smallest absolute Gasteiger partial charge is 0.272 e. The van der Waals surface area contributed by atoms with Crippen molar-refractivity contribution in [3.8, 4) is 0 Å². The normalized spacial score (nSPS) is 12.5. The lowest BCUT2D eigenvalue weighted by atomic mass is 10.3. The summed E-state index contributed by atoms with van der Waals surface area (Å²) in [5.41, 5.74) is 0.273. The number of aromatic nitrogens is 2. The maximum atomic E-state index is 12.1. The van der Waals surface area contributed by atoms with Crippen LogP contribution in [0.4, 0.5) is 0 Å². The number of nitrogens with zero attached hydrogens (tertiary/aromatic N) is 2. The van der Waals surface area contributed by atoms with Crippen molar-refractivity contribution in [3.63, 3.8) is 0 Å². The van der Waals surface area contributed by atoms with Crippen LogP contribution in [0.2, 0.25) is 0 Å². The number of pyridine rings is 1.